The van der Waals surface area contributed by atoms with Crippen molar-refractivity contribution >= 4 is 40.6 Å². The molecule has 3 aromatic rings. The fraction of sp³-hybridized carbons (Fsp3) is 0.107. The van der Waals surface area contributed by atoms with Gasteiger partial charge in [-0.25, -0.2) is 4.39 Å². The number of non-ortho nitro benzene ring substituents is 1. The number of halogens is 1. The lowest BCUT2D eigenvalue weighted by molar-refractivity contribution is -0.384. The van der Waals surface area contributed by atoms with Gasteiger partial charge in [0.25, 0.3) is 11.6 Å². The van der Waals surface area contributed by atoms with E-state index in [-0.39, 0.29) is 28.1 Å². The lowest BCUT2D eigenvalue weighted by atomic mass is 9.82. The molecule has 2 amide bonds. The zero-order valence-corrected chi connectivity index (χ0v) is 21.4. The van der Waals surface area contributed by atoms with E-state index in [1.165, 1.54) is 42.5 Å². The summed E-state index contributed by atoms with van der Waals surface area (Å²) in [6.07, 6.45) is 0. The van der Waals surface area contributed by atoms with E-state index in [1.807, 2.05) is 6.07 Å². The quantitative estimate of drug-likeness (QED) is 0.254. The zero-order chi connectivity index (χ0) is 27.9. The molecule has 0 aromatic heterocycles. The standard InChI is InChI=1S/C28H22FN5O4S/c1-17-25(27(36)33-18-7-3-2-4-8-18)26(21-9-5-6-10-23(21)29)22(15-30)28(31-17)39-16-24(35)32-19-11-13-20(14-12-19)34(37)38/h2-14,26,31H,16H2,1H3,(H,32,35)(H,33,36)/t26-/m1/s1. The SMILES string of the molecule is CC1=C(C(=O)Nc2ccccc2)[C@H](c2ccccc2F)C(C#N)=C(SCC(=O)Nc2ccc([N+](=O)[O-])cc2)N1. The number of hydrogen-bond donors (Lipinski definition) is 3. The van der Waals surface area contributed by atoms with Gasteiger partial charge in [0.15, 0.2) is 0 Å². The predicted molar refractivity (Wildman–Crippen MR) is 147 cm³/mol. The Morgan fingerprint density at radius 3 is 2.31 bits per heavy atom. The molecule has 0 bridgehead atoms. The van der Waals surface area contributed by atoms with Crippen LogP contribution in [0, 0.1) is 27.3 Å². The van der Waals surface area contributed by atoms with Crippen molar-refractivity contribution in [2.75, 3.05) is 16.4 Å². The first-order valence-corrected chi connectivity index (χ1v) is 12.7. The number of thioether (sulfide) groups is 1. The van der Waals surface area contributed by atoms with Crippen molar-refractivity contribution in [1.29, 1.82) is 5.26 Å². The Bertz CT molecular complexity index is 1530. The van der Waals surface area contributed by atoms with Gasteiger partial charge in [-0.1, -0.05) is 48.2 Å². The minimum atomic E-state index is -1.01. The first kappa shape index (κ1) is 27.1. The number of nitrogens with one attached hydrogen (secondary N) is 3. The number of anilines is 2. The molecule has 11 heteroatoms. The number of amides is 2. The van der Waals surface area contributed by atoms with E-state index in [0.717, 1.165) is 11.8 Å². The summed E-state index contributed by atoms with van der Waals surface area (Å²) in [6.45, 7) is 1.65. The monoisotopic (exact) mass is 543 g/mol. The summed E-state index contributed by atoms with van der Waals surface area (Å²) in [6, 6.07) is 22.2. The lowest BCUT2D eigenvalue weighted by Crippen LogP contribution is -2.31. The normalized spacial score (nSPS) is 14.7. The molecule has 0 radical (unpaired) electrons. The number of para-hydroxylation sites is 1. The average Bonchev–Trinajstić information content (AvgIpc) is 2.92. The first-order chi connectivity index (χ1) is 18.8. The number of rotatable bonds is 8. The largest absolute Gasteiger partial charge is 0.353 e. The Kier molecular flexibility index (Phi) is 8.38. The van der Waals surface area contributed by atoms with Crippen molar-refractivity contribution < 1.29 is 18.9 Å². The Balaban J connectivity index is 1.60. The fourth-order valence-corrected chi connectivity index (χ4v) is 4.96. The molecule has 0 saturated carbocycles. The van der Waals surface area contributed by atoms with Gasteiger partial charge in [-0.2, -0.15) is 5.26 Å². The van der Waals surface area contributed by atoms with Crippen molar-refractivity contribution in [3.63, 3.8) is 0 Å². The van der Waals surface area contributed by atoms with Crippen LogP contribution in [0.1, 0.15) is 18.4 Å². The van der Waals surface area contributed by atoms with Gasteiger partial charge in [-0.3, -0.25) is 19.7 Å². The van der Waals surface area contributed by atoms with E-state index in [0.29, 0.717) is 22.1 Å². The number of dihydropyridines is 1. The zero-order valence-electron chi connectivity index (χ0n) is 20.6. The van der Waals surface area contributed by atoms with Crippen LogP contribution in [0.15, 0.2) is 101 Å². The van der Waals surface area contributed by atoms with Crippen molar-refractivity contribution in [3.8, 4) is 6.07 Å². The highest BCUT2D eigenvalue weighted by atomic mass is 32.2. The molecule has 0 fully saturated rings. The van der Waals surface area contributed by atoms with E-state index < -0.39 is 28.5 Å². The number of nitro groups is 1. The molecule has 0 unspecified atom stereocenters. The van der Waals surface area contributed by atoms with Crippen LogP contribution in [0.5, 0.6) is 0 Å². The molecule has 1 aliphatic heterocycles. The second kappa shape index (κ2) is 12.1. The number of carbonyl (C=O) groups excluding carboxylic acids is 2. The second-order valence-corrected chi connectivity index (χ2v) is 9.42. The molecule has 1 heterocycles. The van der Waals surface area contributed by atoms with Gasteiger partial charge in [-0.15, -0.1) is 0 Å². The number of carbonyl (C=O) groups is 2. The average molecular weight is 544 g/mol. The van der Waals surface area contributed by atoms with Crippen molar-refractivity contribution in [2.24, 2.45) is 0 Å². The highest BCUT2D eigenvalue weighted by Gasteiger charge is 2.36. The molecule has 1 aliphatic rings. The molecule has 3 N–H and O–H groups in total. The number of nitro benzene ring substituents is 1. The van der Waals surface area contributed by atoms with Crippen molar-refractivity contribution in [1.82, 2.24) is 5.32 Å². The minimum absolute atomic E-state index is 0.0945. The van der Waals surface area contributed by atoms with Gasteiger partial charge >= 0.3 is 0 Å². The van der Waals surface area contributed by atoms with Crippen LogP contribution >= 0.6 is 11.8 Å². The number of allylic oxidation sites excluding steroid dienone is 2. The van der Waals surface area contributed by atoms with Gasteiger partial charge < -0.3 is 16.0 Å². The van der Waals surface area contributed by atoms with Crippen LogP contribution in [-0.2, 0) is 9.59 Å². The molecule has 0 saturated heterocycles. The summed E-state index contributed by atoms with van der Waals surface area (Å²) in [5, 5.41) is 29.8. The van der Waals surface area contributed by atoms with Crippen LogP contribution in [0.2, 0.25) is 0 Å². The third-order valence-electron chi connectivity index (χ3n) is 5.85. The predicted octanol–water partition coefficient (Wildman–Crippen LogP) is 5.44. The Morgan fingerprint density at radius 2 is 1.67 bits per heavy atom. The maximum Gasteiger partial charge on any atom is 0.269 e. The number of nitriles is 1. The molecule has 1 atom stereocenters. The molecule has 196 valence electrons. The molecule has 39 heavy (non-hydrogen) atoms. The van der Waals surface area contributed by atoms with Crippen molar-refractivity contribution in [3.05, 3.63) is 122 Å². The summed E-state index contributed by atoms with van der Waals surface area (Å²) in [4.78, 5) is 36.3. The summed E-state index contributed by atoms with van der Waals surface area (Å²) < 4.78 is 15.0. The molecule has 9 nitrogen and oxygen atoms in total. The van der Waals surface area contributed by atoms with Gasteiger partial charge in [0.05, 0.1) is 33.3 Å². The third kappa shape index (κ3) is 6.31. The smallest absolute Gasteiger partial charge is 0.269 e. The maximum absolute atomic E-state index is 15.0. The Labute approximate surface area is 227 Å². The number of hydrogen-bond acceptors (Lipinski definition) is 7. The number of benzene rings is 3. The van der Waals surface area contributed by atoms with Gasteiger partial charge in [0.1, 0.15) is 5.82 Å². The van der Waals surface area contributed by atoms with Gasteiger partial charge in [0, 0.05) is 40.3 Å². The van der Waals surface area contributed by atoms with E-state index in [1.54, 1.807) is 37.3 Å². The maximum atomic E-state index is 15.0. The van der Waals surface area contributed by atoms with Crippen LogP contribution < -0.4 is 16.0 Å². The van der Waals surface area contributed by atoms with Crippen LogP contribution in [0.3, 0.4) is 0 Å². The highest BCUT2D eigenvalue weighted by Crippen LogP contribution is 2.41. The summed E-state index contributed by atoms with van der Waals surface area (Å²) >= 11 is 1.03. The minimum Gasteiger partial charge on any atom is -0.353 e. The molecular weight excluding hydrogens is 521 g/mol. The molecule has 4 rings (SSSR count). The Hall–Kier alpha value is -4.95. The van der Waals surface area contributed by atoms with Crippen molar-refractivity contribution in [2.45, 2.75) is 12.8 Å². The van der Waals surface area contributed by atoms with E-state index in [2.05, 4.69) is 22.0 Å². The molecule has 0 spiro atoms. The fourth-order valence-electron chi connectivity index (χ4n) is 4.07. The van der Waals surface area contributed by atoms with Crippen LogP contribution in [0.4, 0.5) is 21.5 Å². The number of nitrogens with zero attached hydrogens (tertiary/aromatic N) is 2. The van der Waals surface area contributed by atoms with Crippen LogP contribution in [-0.4, -0.2) is 22.5 Å². The van der Waals surface area contributed by atoms with E-state index >= 15 is 4.39 Å². The summed E-state index contributed by atoms with van der Waals surface area (Å²) in [7, 11) is 0. The summed E-state index contributed by atoms with van der Waals surface area (Å²) in [5.74, 6) is -2.62. The summed E-state index contributed by atoms with van der Waals surface area (Å²) in [5.41, 5.74) is 1.65. The molecule has 0 aliphatic carbocycles. The highest BCUT2D eigenvalue weighted by molar-refractivity contribution is 8.03. The lowest BCUT2D eigenvalue weighted by Gasteiger charge is -2.30. The van der Waals surface area contributed by atoms with E-state index in [9.17, 15) is 25.0 Å². The van der Waals surface area contributed by atoms with Crippen LogP contribution in [0.25, 0.3) is 0 Å². The molecular formula is C28H22FN5O4S. The topological polar surface area (TPSA) is 137 Å². The Morgan fingerprint density at radius 1 is 1.03 bits per heavy atom. The van der Waals surface area contributed by atoms with E-state index in [4.69, 9.17) is 0 Å². The first-order valence-electron chi connectivity index (χ1n) is 11.7. The second-order valence-electron chi connectivity index (χ2n) is 8.43. The van der Waals surface area contributed by atoms with Gasteiger partial charge in [0.2, 0.25) is 5.91 Å². The molecule has 3 aromatic carbocycles. The van der Waals surface area contributed by atoms with Gasteiger partial charge in [-0.05, 0) is 37.3 Å². The third-order valence-corrected chi connectivity index (χ3v) is 6.87.